The van der Waals surface area contributed by atoms with Gasteiger partial charge in [0.05, 0.1) is 13.2 Å². The van der Waals surface area contributed by atoms with E-state index < -0.39 is 32.6 Å². The summed E-state index contributed by atoms with van der Waals surface area (Å²) in [6, 6.07) is 0. The lowest BCUT2D eigenvalue weighted by atomic mass is 10.1. The van der Waals surface area contributed by atoms with Gasteiger partial charge in [0, 0.05) is 6.42 Å². The summed E-state index contributed by atoms with van der Waals surface area (Å²) in [6.45, 7) is 7.06. The molecule has 0 saturated heterocycles. The zero-order valence-corrected chi connectivity index (χ0v) is 18.0. The number of aliphatic hydroxyl groups is 2. The van der Waals surface area contributed by atoms with E-state index in [4.69, 9.17) is 15.0 Å². The fourth-order valence-corrected chi connectivity index (χ4v) is 3.61. The number of hydrogen-bond donors (Lipinski definition) is 4. The van der Waals surface area contributed by atoms with Crippen LogP contribution in [0.4, 0.5) is 5.82 Å². The Morgan fingerprint density at radius 2 is 2.10 bits per heavy atom. The normalized spacial score (nSPS) is 16.0. The van der Waals surface area contributed by atoms with Gasteiger partial charge in [-0.05, 0) is 31.8 Å². The summed E-state index contributed by atoms with van der Waals surface area (Å²) in [4.78, 5) is 8.16. The molecule has 0 aliphatic rings. The first-order chi connectivity index (χ1) is 13.6. The summed E-state index contributed by atoms with van der Waals surface area (Å²) < 4.78 is 25.8. The van der Waals surface area contributed by atoms with Gasteiger partial charge in [-0.15, -0.1) is 4.52 Å². The number of anilines is 1. The minimum absolute atomic E-state index is 0.0191. The average Bonchev–Trinajstić information content (AvgIpc) is 3.10. The molecule has 0 fully saturated rings. The maximum atomic E-state index is 12.2. The van der Waals surface area contributed by atoms with E-state index in [1.807, 2.05) is 27.7 Å². The highest BCUT2D eigenvalue weighted by Gasteiger charge is 2.36. The predicted molar refractivity (Wildman–Crippen MR) is 105 cm³/mol. The Kier molecular flexibility index (Phi) is 7.84. The van der Waals surface area contributed by atoms with Crippen molar-refractivity contribution in [3.05, 3.63) is 12.7 Å². The Hall–Kier alpha value is -1.91. The molecule has 2 aromatic heterocycles. The van der Waals surface area contributed by atoms with Crippen LogP contribution < -0.4 is 10.5 Å². The first-order valence-corrected chi connectivity index (χ1v) is 10.6. The van der Waals surface area contributed by atoms with Crippen molar-refractivity contribution >= 4 is 25.0 Å². The molecule has 0 spiro atoms. The number of nitrogens with two attached hydrogens (primary N) is 1. The van der Waals surface area contributed by atoms with E-state index in [0.717, 1.165) is 12.7 Å². The Bertz CT molecular complexity index is 845. The first-order valence-electron chi connectivity index (χ1n) is 9.39. The molecule has 0 aromatic carbocycles. The van der Waals surface area contributed by atoms with Crippen LogP contribution >= 0.6 is 8.03 Å². The van der Waals surface area contributed by atoms with E-state index in [1.54, 1.807) is 0 Å². The van der Waals surface area contributed by atoms with Crippen molar-refractivity contribution in [1.82, 2.24) is 14.5 Å². The number of aliphatic hydroxyl groups excluding tert-OH is 2. The number of ether oxygens (including phenoxy) is 1. The number of imidazole rings is 1. The highest BCUT2D eigenvalue weighted by molar-refractivity contribution is 7.40. The summed E-state index contributed by atoms with van der Waals surface area (Å²) in [7, 11) is -1.80. The van der Waals surface area contributed by atoms with E-state index in [9.17, 15) is 20.0 Å². The summed E-state index contributed by atoms with van der Waals surface area (Å²) in [5.74, 6) is -0.0191. The molecule has 2 rings (SSSR count). The predicted octanol–water partition coefficient (Wildman–Crippen LogP) is 1.13. The zero-order chi connectivity index (χ0) is 21.8. The number of nitrogen functional groups attached to an aromatic ring is 1. The van der Waals surface area contributed by atoms with Gasteiger partial charge in [0.15, 0.2) is 11.9 Å². The molecule has 0 radical (unpaired) electrons. The number of fused-ring (bicyclic) bond motifs is 1. The molecule has 4 atom stereocenters. The van der Waals surface area contributed by atoms with Crippen LogP contribution in [0.3, 0.4) is 0 Å². The summed E-state index contributed by atoms with van der Waals surface area (Å²) >= 11 is 0. The third-order valence-electron chi connectivity index (χ3n) is 4.62. The number of hydrogen-bond acceptors (Lipinski definition) is 9. The molecule has 162 valence electrons. The van der Waals surface area contributed by atoms with Gasteiger partial charge >= 0.3 is 8.03 Å². The highest BCUT2D eigenvalue weighted by Crippen LogP contribution is 2.38. The fraction of sp³-hybridized carbons (Fsp3) is 0.706. The molecule has 0 aliphatic carbocycles. The molecule has 5 N–H and O–H groups in total. The minimum Gasteiger partial charge on any atom is -0.394 e. The topological polar surface area (TPSA) is 157 Å². The lowest BCUT2D eigenvalue weighted by Gasteiger charge is -2.25. The van der Waals surface area contributed by atoms with Gasteiger partial charge in [-0.2, -0.15) is 0 Å². The molecule has 0 bridgehead atoms. The van der Waals surface area contributed by atoms with Crippen molar-refractivity contribution in [2.45, 2.75) is 64.1 Å². The van der Waals surface area contributed by atoms with Crippen molar-refractivity contribution in [3.8, 4) is 0 Å². The molecular weight excluding hydrogens is 401 g/mol. The number of rotatable bonds is 11. The van der Waals surface area contributed by atoms with E-state index in [1.165, 1.54) is 10.9 Å². The highest BCUT2D eigenvalue weighted by atomic mass is 31.1. The Balaban J connectivity index is 2.13. The Labute approximate surface area is 169 Å². The Morgan fingerprint density at radius 3 is 2.72 bits per heavy atom. The van der Waals surface area contributed by atoms with Crippen LogP contribution in [-0.4, -0.2) is 60.5 Å². The second-order valence-corrected chi connectivity index (χ2v) is 9.09. The maximum absolute atomic E-state index is 12.2. The summed E-state index contributed by atoms with van der Waals surface area (Å²) in [5, 5.41) is 29.3. The molecule has 2 aromatic rings. The number of nitrogens with zero attached hydrogens (tertiary/aromatic N) is 4. The van der Waals surface area contributed by atoms with E-state index in [0.29, 0.717) is 11.2 Å². The first kappa shape index (κ1) is 23.4. The second kappa shape index (κ2) is 9.73. The third kappa shape index (κ3) is 5.58. The lowest BCUT2D eigenvalue weighted by Crippen LogP contribution is -2.35. The second-order valence-electron chi connectivity index (χ2n) is 7.45. The Morgan fingerprint density at radius 1 is 1.41 bits per heavy atom. The lowest BCUT2D eigenvalue weighted by molar-refractivity contribution is -0.894. The quantitative estimate of drug-likeness (QED) is 0.233. The third-order valence-corrected chi connectivity index (χ3v) is 6.38. The van der Waals surface area contributed by atoms with Crippen LogP contribution in [-0.2, 0) is 13.8 Å². The molecule has 0 amide bonds. The van der Waals surface area contributed by atoms with Crippen LogP contribution in [0.2, 0.25) is 0 Å². The van der Waals surface area contributed by atoms with E-state index in [-0.39, 0.29) is 29.2 Å². The van der Waals surface area contributed by atoms with Crippen LogP contribution in [0.5, 0.6) is 0 Å². The van der Waals surface area contributed by atoms with Crippen LogP contribution in [0.25, 0.3) is 11.2 Å². The standard InChI is InChI=1S/C17H29N5O6P/c1-5-11(2)29(26)28-17(3,4)6-7-27-16(12(24)8-23)21-9-19-13-14(18)22(25)10-20-15(13)21/h9-12,16,18,23-25H,5-8H2,1-4H3/q+1/p+1/t11?,12-,16?/m1/s1. The molecule has 12 heteroatoms. The smallest absolute Gasteiger partial charge is 0.394 e. The van der Waals surface area contributed by atoms with Crippen LogP contribution in [0.1, 0.15) is 46.8 Å². The zero-order valence-electron chi connectivity index (χ0n) is 17.1. The summed E-state index contributed by atoms with van der Waals surface area (Å²) in [5.41, 5.74) is 5.54. The molecular formula is C17H30N5O6P+2. The van der Waals surface area contributed by atoms with Crippen molar-refractivity contribution in [2.75, 3.05) is 18.9 Å². The molecule has 29 heavy (non-hydrogen) atoms. The van der Waals surface area contributed by atoms with Crippen molar-refractivity contribution < 1.29 is 34.0 Å². The monoisotopic (exact) mass is 431 g/mol. The van der Waals surface area contributed by atoms with Crippen LogP contribution in [0, 0.1) is 0 Å². The van der Waals surface area contributed by atoms with Crippen molar-refractivity contribution in [3.63, 3.8) is 0 Å². The molecule has 3 unspecified atom stereocenters. The van der Waals surface area contributed by atoms with Crippen molar-refractivity contribution in [2.24, 2.45) is 0 Å². The maximum Gasteiger partial charge on any atom is 0.511 e. The SMILES string of the molecule is CCC(C)[P+](=O)OC(C)(C)CCOC([C@H](O)CO)n1cnc2c(N)[n+](O)cnc21. The molecule has 2 heterocycles. The molecule has 11 nitrogen and oxygen atoms in total. The largest absolute Gasteiger partial charge is 0.511 e. The fourth-order valence-electron chi connectivity index (χ4n) is 2.55. The van der Waals surface area contributed by atoms with Gasteiger partial charge in [-0.25, -0.2) is 4.98 Å². The van der Waals surface area contributed by atoms with Gasteiger partial charge in [0.1, 0.15) is 18.0 Å². The van der Waals surface area contributed by atoms with Crippen molar-refractivity contribution in [1.29, 1.82) is 0 Å². The van der Waals surface area contributed by atoms with Gasteiger partial charge in [-0.1, -0.05) is 16.6 Å². The van der Waals surface area contributed by atoms with E-state index in [2.05, 4.69) is 9.97 Å². The van der Waals surface area contributed by atoms with Gasteiger partial charge in [0.25, 0.3) is 12.1 Å². The van der Waals surface area contributed by atoms with Gasteiger partial charge < -0.3 is 25.9 Å². The number of aromatic nitrogens is 4. The van der Waals surface area contributed by atoms with Crippen LogP contribution in [0.15, 0.2) is 12.7 Å². The molecule has 0 aliphatic heterocycles. The van der Waals surface area contributed by atoms with Gasteiger partial charge in [0.2, 0.25) is 11.2 Å². The average molecular weight is 431 g/mol. The molecule has 0 saturated carbocycles. The van der Waals surface area contributed by atoms with Gasteiger partial charge in [-0.3, -0.25) is 4.57 Å². The minimum atomic E-state index is -1.80. The summed E-state index contributed by atoms with van der Waals surface area (Å²) in [6.07, 6.45) is 1.37. The van der Waals surface area contributed by atoms with E-state index >= 15 is 0 Å².